The molecular formula is C18H18F3N3O2. The Labute approximate surface area is 148 Å². The van der Waals surface area contributed by atoms with Gasteiger partial charge in [0.1, 0.15) is 6.10 Å². The van der Waals surface area contributed by atoms with Crippen LogP contribution in [0.3, 0.4) is 0 Å². The zero-order valence-corrected chi connectivity index (χ0v) is 13.9. The Kier molecular flexibility index (Phi) is 5.39. The highest BCUT2D eigenvalue weighted by Crippen LogP contribution is 2.29. The summed E-state index contributed by atoms with van der Waals surface area (Å²) in [6.07, 6.45) is 3.28. The number of nitrogens with one attached hydrogen (secondary N) is 1. The molecule has 1 fully saturated rings. The van der Waals surface area contributed by atoms with Crippen LogP contribution in [0, 0.1) is 0 Å². The molecule has 0 aliphatic heterocycles. The minimum atomic E-state index is -4.41. The number of rotatable bonds is 4. The fraction of sp³-hybridized carbons (Fsp3) is 0.389. The van der Waals surface area contributed by atoms with Crippen LogP contribution in [0.4, 0.5) is 13.2 Å². The van der Waals surface area contributed by atoms with Gasteiger partial charge in [-0.1, -0.05) is 0 Å². The van der Waals surface area contributed by atoms with Crippen LogP contribution in [-0.4, -0.2) is 28.0 Å². The number of benzene rings is 1. The van der Waals surface area contributed by atoms with Crippen molar-refractivity contribution in [2.75, 3.05) is 0 Å². The molecular weight excluding hydrogens is 347 g/mol. The zero-order valence-electron chi connectivity index (χ0n) is 13.9. The van der Waals surface area contributed by atoms with E-state index < -0.39 is 11.7 Å². The van der Waals surface area contributed by atoms with Crippen molar-refractivity contribution < 1.29 is 22.7 Å². The molecule has 1 aromatic carbocycles. The third-order valence-corrected chi connectivity index (χ3v) is 4.31. The Hall–Kier alpha value is -2.64. The number of halogens is 3. The van der Waals surface area contributed by atoms with Gasteiger partial charge in [0, 0.05) is 24.0 Å². The van der Waals surface area contributed by atoms with E-state index in [9.17, 15) is 18.0 Å². The van der Waals surface area contributed by atoms with Crippen molar-refractivity contribution in [3.63, 3.8) is 0 Å². The van der Waals surface area contributed by atoms with Gasteiger partial charge >= 0.3 is 6.18 Å². The Morgan fingerprint density at radius 1 is 1.08 bits per heavy atom. The van der Waals surface area contributed by atoms with Crippen LogP contribution in [0.25, 0.3) is 0 Å². The van der Waals surface area contributed by atoms with E-state index in [2.05, 4.69) is 15.3 Å². The molecule has 0 atom stereocenters. The number of nitrogens with zero attached hydrogens (tertiary/aromatic N) is 2. The summed E-state index contributed by atoms with van der Waals surface area (Å²) in [6, 6.07) is 4.20. The van der Waals surface area contributed by atoms with E-state index >= 15 is 0 Å². The maximum absolute atomic E-state index is 12.6. The van der Waals surface area contributed by atoms with Crippen LogP contribution in [-0.2, 0) is 6.18 Å². The number of aromatic nitrogens is 2. The fourth-order valence-corrected chi connectivity index (χ4v) is 2.92. The van der Waals surface area contributed by atoms with Crippen LogP contribution in [0.15, 0.2) is 42.9 Å². The molecule has 138 valence electrons. The highest BCUT2D eigenvalue weighted by atomic mass is 19.4. The maximum atomic E-state index is 12.6. The molecule has 1 aliphatic rings. The van der Waals surface area contributed by atoms with E-state index in [1.54, 1.807) is 18.6 Å². The summed E-state index contributed by atoms with van der Waals surface area (Å²) in [5.74, 6) is 0.113. The lowest BCUT2D eigenvalue weighted by molar-refractivity contribution is -0.137. The number of carbonyl (C=O) groups excluding carboxylic acids is 1. The molecule has 0 spiro atoms. The smallest absolute Gasteiger partial charge is 0.416 e. The average Bonchev–Trinajstić information content (AvgIpc) is 2.63. The first kappa shape index (κ1) is 18.2. The van der Waals surface area contributed by atoms with Crippen LogP contribution in [0.1, 0.15) is 41.6 Å². The number of alkyl halides is 3. The van der Waals surface area contributed by atoms with E-state index in [0.29, 0.717) is 5.88 Å². The molecule has 0 bridgehead atoms. The molecule has 1 aliphatic carbocycles. The van der Waals surface area contributed by atoms with E-state index in [-0.39, 0.29) is 23.6 Å². The largest absolute Gasteiger partial charge is 0.473 e. The van der Waals surface area contributed by atoms with Crippen molar-refractivity contribution in [1.82, 2.24) is 15.3 Å². The second-order valence-corrected chi connectivity index (χ2v) is 6.18. The lowest BCUT2D eigenvalue weighted by atomic mass is 9.92. The molecule has 1 N–H and O–H groups in total. The van der Waals surface area contributed by atoms with Crippen molar-refractivity contribution in [2.24, 2.45) is 0 Å². The SMILES string of the molecule is O=C(NC1CCC(Oc2cnccn2)CC1)c1ccc(C(F)(F)F)cc1. The molecule has 1 saturated carbocycles. The zero-order chi connectivity index (χ0) is 18.6. The maximum Gasteiger partial charge on any atom is 0.416 e. The van der Waals surface area contributed by atoms with Gasteiger partial charge < -0.3 is 10.1 Å². The fourth-order valence-electron chi connectivity index (χ4n) is 2.92. The van der Waals surface area contributed by atoms with Gasteiger partial charge in [0.25, 0.3) is 5.91 Å². The van der Waals surface area contributed by atoms with E-state index in [1.807, 2.05) is 0 Å². The average molecular weight is 365 g/mol. The second kappa shape index (κ2) is 7.72. The normalized spacial score (nSPS) is 20.4. The minimum Gasteiger partial charge on any atom is -0.473 e. The summed E-state index contributed by atoms with van der Waals surface area (Å²) >= 11 is 0. The first-order valence-electron chi connectivity index (χ1n) is 8.32. The number of hydrogen-bond acceptors (Lipinski definition) is 4. The Morgan fingerprint density at radius 2 is 1.77 bits per heavy atom. The number of hydrogen-bond donors (Lipinski definition) is 1. The molecule has 0 saturated heterocycles. The van der Waals surface area contributed by atoms with Crippen molar-refractivity contribution >= 4 is 5.91 Å². The third kappa shape index (κ3) is 4.71. The summed E-state index contributed by atoms with van der Waals surface area (Å²) in [7, 11) is 0. The van der Waals surface area contributed by atoms with Gasteiger partial charge in [0.15, 0.2) is 0 Å². The monoisotopic (exact) mass is 365 g/mol. The van der Waals surface area contributed by atoms with Gasteiger partial charge in [-0.15, -0.1) is 0 Å². The van der Waals surface area contributed by atoms with Crippen LogP contribution >= 0.6 is 0 Å². The third-order valence-electron chi connectivity index (χ3n) is 4.31. The van der Waals surface area contributed by atoms with Crippen LogP contribution < -0.4 is 10.1 Å². The number of carbonyl (C=O) groups is 1. The summed E-state index contributed by atoms with van der Waals surface area (Å²) in [5.41, 5.74) is -0.549. The molecule has 1 heterocycles. The standard InChI is InChI=1S/C18H18F3N3O2/c19-18(20,21)13-3-1-12(2-4-13)17(25)24-14-5-7-15(8-6-14)26-16-11-22-9-10-23-16/h1-4,9-11,14-15H,5-8H2,(H,24,25). The topological polar surface area (TPSA) is 64.1 Å². The van der Waals surface area contributed by atoms with Crippen molar-refractivity contribution in [3.8, 4) is 5.88 Å². The van der Waals surface area contributed by atoms with Gasteiger partial charge in [-0.2, -0.15) is 13.2 Å². The molecule has 8 heteroatoms. The summed E-state index contributed by atoms with van der Waals surface area (Å²) < 4.78 is 43.4. The lowest BCUT2D eigenvalue weighted by Crippen LogP contribution is -2.39. The van der Waals surface area contributed by atoms with Crippen molar-refractivity contribution in [3.05, 3.63) is 54.0 Å². The van der Waals surface area contributed by atoms with Gasteiger partial charge in [0.05, 0.1) is 11.8 Å². The lowest BCUT2D eigenvalue weighted by Gasteiger charge is -2.29. The van der Waals surface area contributed by atoms with E-state index in [4.69, 9.17) is 4.74 Å². The molecule has 5 nitrogen and oxygen atoms in total. The van der Waals surface area contributed by atoms with Crippen molar-refractivity contribution in [2.45, 2.75) is 44.0 Å². The Morgan fingerprint density at radius 3 is 2.35 bits per heavy atom. The number of ether oxygens (including phenoxy) is 1. The van der Waals surface area contributed by atoms with Crippen LogP contribution in [0.2, 0.25) is 0 Å². The van der Waals surface area contributed by atoms with Gasteiger partial charge in [-0.25, -0.2) is 4.98 Å². The highest BCUT2D eigenvalue weighted by Gasteiger charge is 2.30. The molecule has 2 aromatic rings. The summed E-state index contributed by atoms with van der Waals surface area (Å²) in [4.78, 5) is 20.2. The van der Waals surface area contributed by atoms with E-state index in [0.717, 1.165) is 37.8 Å². The Bertz CT molecular complexity index is 728. The minimum absolute atomic E-state index is 0.0194. The summed E-state index contributed by atoms with van der Waals surface area (Å²) in [5, 5.41) is 2.87. The molecule has 0 radical (unpaired) electrons. The predicted octanol–water partition coefficient (Wildman–Crippen LogP) is 3.62. The Balaban J connectivity index is 1.49. The first-order valence-corrected chi connectivity index (χ1v) is 8.32. The predicted molar refractivity (Wildman–Crippen MR) is 87.6 cm³/mol. The van der Waals surface area contributed by atoms with Gasteiger partial charge in [-0.05, 0) is 49.9 Å². The number of amides is 1. The first-order chi connectivity index (χ1) is 12.4. The second-order valence-electron chi connectivity index (χ2n) is 6.18. The van der Waals surface area contributed by atoms with E-state index in [1.165, 1.54) is 12.1 Å². The molecule has 3 rings (SSSR count). The molecule has 26 heavy (non-hydrogen) atoms. The van der Waals surface area contributed by atoms with Crippen molar-refractivity contribution in [1.29, 1.82) is 0 Å². The molecule has 1 amide bonds. The quantitative estimate of drug-likeness (QED) is 0.899. The molecule has 0 unspecified atom stereocenters. The van der Waals surface area contributed by atoms with Crippen LogP contribution in [0.5, 0.6) is 5.88 Å². The van der Waals surface area contributed by atoms with Gasteiger partial charge in [-0.3, -0.25) is 9.78 Å². The summed E-state index contributed by atoms with van der Waals surface area (Å²) in [6.45, 7) is 0. The van der Waals surface area contributed by atoms with Gasteiger partial charge in [0.2, 0.25) is 5.88 Å². The molecule has 1 aromatic heterocycles. The highest BCUT2D eigenvalue weighted by molar-refractivity contribution is 5.94.